The summed E-state index contributed by atoms with van der Waals surface area (Å²) in [7, 11) is 0. The molecule has 1 aliphatic rings. The largest absolute Gasteiger partial charge is 0.333 e. The quantitative estimate of drug-likeness (QED) is 0.883. The zero-order chi connectivity index (χ0) is 12.5. The van der Waals surface area contributed by atoms with Crippen molar-refractivity contribution >= 4 is 0 Å². The van der Waals surface area contributed by atoms with Crippen LogP contribution in [0, 0.1) is 5.82 Å². The molecular formula is C14H16FN3. The second-order valence-corrected chi connectivity index (χ2v) is 4.84. The van der Waals surface area contributed by atoms with Crippen molar-refractivity contribution in [3.05, 3.63) is 53.4 Å². The van der Waals surface area contributed by atoms with Gasteiger partial charge in [0.2, 0.25) is 0 Å². The fourth-order valence-corrected chi connectivity index (χ4v) is 2.47. The van der Waals surface area contributed by atoms with Crippen LogP contribution in [-0.2, 0) is 13.0 Å². The van der Waals surface area contributed by atoms with E-state index in [1.165, 1.54) is 12.1 Å². The van der Waals surface area contributed by atoms with Gasteiger partial charge in [-0.25, -0.2) is 9.37 Å². The fourth-order valence-electron chi connectivity index (χ4n) is 2.47. The summed E-state index contributed by atoms with van der Waals surface area (Å²) >= 11 is 0. The van der Waals surface area contributed by atoms with E-state index in [-0.39, 0.29) is 11.9 Å². The summed E-state index contributed by atoms with van der Waals surface area (Å²) in [5, 5.41) is 0. The van der Waals surface area contributed by atoms with Crippen LogP contribution in [0.1, 0.15) is 36.0 Å². The first kappa shape index (κ1) is 11.4. The maximum absolute atomic E-state index is 12.8. The Morgan fingerprint density at radius 2 is 2.11 bits per heavy atom. The van der Waals surface area contributed by atoms with E-state index in [0.29, 0.717) is 0 Å². The number of benzene rings is 1. The molecule has 2 aromatic rings. The molecule has 1 aromatic heterocycles. The molecule has 0 aliphatic carbocycles. The van der Waals surface area contributed by atoms with Crippen molar-refractivity contribution < 1.29 is 4.39 Å². The van der Waals surface area contributed by atoms with Gasteiger partial charge in [-0.1, -0.05) is 12.1 Å². The van der Waals surface area contributed by atoms with Crippen LogP contribution in [0.15, 0.2) is 30.5 Å². The number of aromatic nitrogens is 2. The number of fused-ring (bicyclic) bond motifs is 1. The van der Waals surface area contributed by atoms with Crippen LogP contribution < -0.4 is 5.73 Å². The maximum Gasteiger partial charge on any atom is 0.125 e. The van der Waals surface area contributed by atoms with Gasteiger partial charge in [-0.15, -0.1) is 0 Å². The molecule has 0 spiro atoms. The van der Waals surface area contributed by atoms with Gasteiger partial charge in [-0.3, -0.25) is 0 Å². The van der Waals surface area contributed by atoms with Gasteiger partial charge in [-0.2, -0.15) is 0 Å². The molecule has 4 heteroatoms. The third kappa shape index (κ3) is 2.16. The molecule has 18 heavy (non-hydrogen) atoms. The Morgan fingerprint density at radius 1 is 1.33 bits per heavy atom. The van der Waals surface area contributed by atoms with Gasteiger partial charge in [0.15, 0.2) is 0 Å². The standard InChI is InChI=1S/C14H16FN3/c15-11-5-3-10(4-6-11)8-12-9-18-7-1-2-13(16)14(18)17-12/h3-6,9,13H,1-2,7-8,16H2. The smallest absolute Gasteiger partial charge is 0.125 e. The van der Waals surface area contributed by atoms with Crippen LogP contribution >= 0.6 is 0 Å². The van der Waals surface area contributed by atoms with Gasteiger partial charge in [0.25, 0.3) is 0 Å². The second kappa shape index (κ2) is 4.53. The summed E-state index contributed by atoms with van der Waals surface area (Å²) in [6.07, 6.45) is 4.91. The monoisotopic (exact) mass is 245 g/mol. The van der Waals surface area contributed by atoms with E-state index in [0.717, 1.165) is 42.9 Å². The van der Waals surface area contributed by atoms with Gasteiger partial charge in [0.1, 0.15) is 11.6 Å². The molecule has 0 bridgehead atoms. The van der Waals surface area contributed by atoms with Crippen molar-refractivity contribution in [2.45, 2.75) is 31.8 Å². The molecule has 1 aromatic carbocycles. The van der Waals surface area contributed by atoms with Gasteiger partial charge < -0.3 is 10.3 Å². The molecular weight excluding hydrogens is 229 g/mol. The first-order valence-corrected chi connectivity index (χ1v) is 6.28. The summed E-state index contributed by atoms with van der Waals surface area (Å²) in [6.45, 7) is 0.999. The second-order valence-electron chi connectivity index (χ2n) is 4.84. The van der Waals surface area contributed by atoms with Crippen LogP contribution in [0.3, 0.4) is 0 Å². The van der Waals surface area contributed by atoms with E-state index < -0.39 is 0 Å². The average molecular weight is 245 g/mol. The Kier molecular flexibility index (Phi) is 2.88. The van der Waals surface area contributed by atoms with E-state index in [9.17, 15) is 4.39 Å². The number of halogens is 1. The Morgan fingerprint density at radius 3 is 2.83 bits per heavy atom. The topological polar surface area (TPSA) is 43.8 Å². The van der Waals surface area contributed by atoms with E-state index in [1.807, 2.05) is 0 Å². The van der Waals surface area contributed by atoms with Gasteiger partial charge >= 0.3 is 0 Å². The van der Waals surface area contributed by atoms with Crippen LogP contribution in [0.4, 0.5) is 4.39 Å². The molecule has 3 rings (SSSR count). The third-order valence-corrected chi connectivity index (χ3v) is 3.40. The zero-order valence-corrected chi connectivity index (χ0v) is 10.1. The van der Waals surface area contributed by atoms with Crippen molar-refractivity contribution in [2.75, 3.05) is 0 Å². The maximum atomic E-state index is 12.8. The first-order valence-electron chi connectivity index (χ1n) is 6.28. The Hall–Kier alpha value is -1.68. The first-order chi connectivity index (χ1) is 8.72. The molecule has 0 saturated heterocycles. The number of nitrogens with two attached hydrogens (primary N) is 1. The van der Waals surface area contributed by atoms with Crippen LogP contribution in [0.2, 0.25) is 0 Å². The van der Waals surface area contributed by atoms with Gasteiger partial charge in [0.05, 0.1) is 11.7 Å². The Balaban J connectivity index is 1.83. The van der Waals surface area contributed by atoms with Crippen molar-refractivity contribution in [3.8, 4) is 0 Å². The highest BCUT2D eigenvalue weighted by Gasteiger charge is 2.19. The van der Waals surface area contributed by atoms with Crippen molar-refractivity contribution in [1.29, 1.82) is 0 Å². The molecule has 2 heterocycles. The molecule has 0 fully saturated rings. The van der Waals surface area contributed by atoms with E-state index >= 15 is 0 Å². The highest BCUT2D eigenvalue weighted by atomic mass is 19.1. The predicted molar refractivity (Wildman–Crippen MR) is 67.6 cm³/mol. The summed E-state index contributed by atoms with van der Waals surface area (Å²) in [5.41, 5.74) is 8.12. The number of rotatable bonds is 2. The van der Waals surface area contributed by atoms with Crippen molar-refractivity contribution in [3.63, 3.8) is 0 Å². The molecule has 3 nitrogen and oxygen atoms in total. The lowest BCUT2D eigenvalue weighted by Gasteiger charge is -2.19. The Bertz CT molecular complexity index is 545. The molecule has 0 radical (unpaired) electrons. The average Bonchev–Trinajstić information content (AvgIpc) is 2.76. The number of nitrogens with zero attached hydrogens (tertiary/aromatic N) is 2. The van der Waals surface area contributed by atoms with E-state index in [1.54, 1.807) is 12.1 Å². The van der Waals surface area contributed by atoms with E-state index in [2.05, 4.69) is 15.7 Å². The van der Waals surface area contributed by atoms with Crippen LogP contribution in [-0.4, -0.2) is 9.55 Å². The zero-order valence-electron chi connectivity index (χ0n) is 10.1. The van der Waals surface area contributed by atoms with Crippen LogP contribution in [0.5, 0.6) is 0 Å². The normalized spacial score (nSPS) is 18.7. The SMILES string of the molecule is NC1CCCn2cc(Cc3ccc(F)cc3)nc21. The number of aryl methyl sites for hydroxylation is 1. The third-order valence-electron chi connectivity index (χ3n) is 3.40. The predicted octanol–water partition coefficient (Wildman–Crippen LogP) is 2.41. The van der Waals surface area contributed by atoms with Gasteiger partial charge in [0, 0.05) is 19.2 Å². The molecule has 0 saturated carbocycles. The lowest BCUT2D eigenvalue weighted by Crippen LogP contribution is -2.21. The lowest BCUT2D eigenvalue weighted by atomic mass is 10.1. The minimum atomic E-state index is -0.204. The van der Waals surface area contributed by atoms with E-state index in [4.69, 9.17) is 5.73 Å². The van der Waals surface area contributed by atoms with Crippen LogP contribution in [0.25, 0.3) is 0 Å². The summed E-state index contributed by atoms with van der Waals surface area (Å²) in [4.78, 5) is 4.59. The summed E-state index contributed by atoms with van der Waals surface area (Å²) in [6, 6.07) is 6.62. The van der Waals surface area contributed by atoms with Crippen molar-refractivity contribution in [1.82, 2.24) is 9.55 Å². The molecule has 1 unspecified atom stereocenters. The lowest BCUT2D eigenvalue weighted by molar-refractivity contribution is 0.451. The highest BCUT2D eigenvalue weighted by molar-refractivity contribution is 5.22. The number of imidazole rings is 1. The number of hydrogen-bond donors (Lipinski definition) is 1. The number of hydrogen-bond acceptors (Lipinski definition) is 2. The molecule has 94 valence electrons. The summed E-state index contributed by atoms with van der Waals surface area (Å²) in [5.74, 6) is 0.781. The molecule has 1 atom stereocenters. The fraction of sp³-hybridized carbons (Fsp3) is 0.357. The Labute approximate surface area is 105 Å². The summed E-state index contributed by atoms with van der Waals surface area (Å²) < 4.78 is 15.0. The molecule has 2 N–H and O–H groups in total. The molecule has 0 amide bonds. The van der Waals surface area contributed by atoms with Crippen molar-refractivity contribution in [2.24, 2.45) is 5.73 Å². The minimum absolute atomic E-state index is 0.0562. The minimum Gasteiger partial charge on any atom is -0.333 e. The highest BCUT2D eigenvalue weighted by Crippen LogP contribution is 2.23. The molecule has 1 aliphatic heterocycles. The van der Waals surface area contributed by atoms with Gasteiger partial charge in [-0.05, 0) is 30.5 Å².